The van der Waals surface area contributed by atoms with Crippen LogP contribution in [0.15, 0.2) is 40.9 Å². The van der Waals surface area contributed by atoms with Crippen LogP contribution in [0.25, 0.3) is 0 Å². The second-order valence-electron chi connectivity index (χ2n) is 5.64. The van der Waals surface area contributed by atoms with Gasteiger partial charge in [0.25, 0.3) is 5.88 Å². The lowest BCUT2D eigenvalue weighted by Gasteiger charge is -2.08. The monoisotopic (exact) mass is 388 g/mol. The number of aliphatic carboxylic acids is 1. The molecule has 0 unspecified atom stereocenters. The Kier molecular flexibility index (Phi) is 7.47. The fourth-order valence-corrected chi connectivity index (χ4v) is 2.19. The SMILES string of the molecule is O=C(O)C(F)(F)F.c1ccc(OCc2cc(OC[C@@H]3CCCN3)no2)cc1. The lowest BCUT2D eigenvalue weighted by molar-refractivity contribution is -0.192. The molecule has 27 heavy (non-hydrogen) atoms. The van der Waals surface area contributed by atoms with Gasteiger partial charge in [0.2, 0.25) is 0 Å². The Hall–Kier alpha value is -2.75. The van der Waals surface area contributed by atoms with Crippen LogP contribution in [0.3, 0.4) is 0 Å². The standard InChI is InChI=1S/C15H18N2O3.C2HF3O2/c1-2-6-13(7-3-1)18-11-14-9-15(17-20-14)19-10-12-5-4-8-16-12;3-2(4,5)1(6)7/h1-3,6-7,9,12,16H,4-5,8,10-11H2;(H,6,7)/t12-;/m0./s1. The van der Waals surface area contributed by atoms with Gasteiger partial charge in [0.05, 0.1) is 0 Å². The second-order valence-corrected chi connectivity index (χ2v) is 5.64. The number of carbonyl (C=O) groups is 1. The van der Waals surface area contributed by atoms with Crippen molar-refractivity contribution in [3.63, 3.8) is 0 Å². The van der Waals surface area contributed by atoms with Gasteiger partial charge in [-0.2, -0.15) is 13.2 Å². The summed E-state index contributed by atoms with van der Waals surface area (Å²) < 4.78 is 48.1. The Morgan fingerprint density at radius 3 is 2.59 bits per heavy atom. The molecule has 1 fully saturated rings. The van der Waals surface area contributed by atoms with Gasteiger partial charge in [0.1, 0.15) is 19.0 Å². The predicted octanol–water partition coefficient (Wildman–Crippen LogP) is 3.02. The van der Waals surface area contributed by atoms with Crippen LogP contribution in [0.5, 0.6) is 11.6 Å². The minimum atomic E-state index is -5.08. The summed E-state index contributed by atoms with van der Waals surface area (Å²) >= 11 is 0. The number of nitrogens with zero attached hydrogens (tertiary/aromatic N) is 1. The molecule has 3 rings (SSSR count). The Labute approximate surface area is 153 Å². The third kappa shape index (κ3) is 7.57. The summed E-state index contributed by atoms with van der Waals surface area (Å²) in [6.45, 7) is 2.05. The highest BCUT2D eigenvalue weighted by molar-refractivity contribution is 5.73. The molecule has 0 aliphatic carbocycles. The number of carboxylic acids is 1. The van der Waals surface area contributed by atoms with E-state index < -0.39 is 12.1 Å². The van der Waals surface area contributed by atoms with Crippen LogP contribution >= 0.6 is 0 Å². The van der Waals surface area contributed by atoms with E-state index >= 15 is 0 Å². The molecule has 0 bridgehead atoms. The maximum Gasteiger partial charge on any atom is 0.490 e. The van der Waals surface area contributed by atoms with Gasteiger partial charge in [-0.15, -0.1) is 0 Å². The Morgan fingerprint density at radius 1 is 1.30 bits per heavy atom. The zero-order valence-corrected chi connectivity index (χ0v) is 14.2. The molecule has 1 aliphatic rings. The Bertz CT molecular complexity index is 700. The maximum absolute atomic E-state index is 10.6. The van der Waals surface area contributed by atoms with Crippen LogP contribution in [0, 0.1) is 0 Å². The number of para-hydroxylation sites is 1. The predicted molar refractivity (Wildman–Crippen MR) is 87.5 cm³/mol. The average Bonchev–Trinajstić information content (AvgIpc) is 3.30. The van der Waals surface area contributed by atoms with E-state index in [1.807, 2.05) is 30.3 Å². The van der Waals surface area contributed by atoms with Crippen molar-refractivity contribution < 1.29 is 37.1 Å². The summed E-state index contributed by atoms with van der Waals surface area (Å²) in [5.41, 5.74) is 0. The first kappa shape index (κ1) is 20.6. The normalized spacial score (nSPS) is 16.3. The molecule has 1 saturated heterocycles. The summed E-state index contributed by atoms with van der Waals surface area (Å²) in [5.74, 6) is -0.775. The molecule has 1 atom stereocenters. The fourth-order valence-electron chi connectivity index (χ4n) is 2.19. The number of halogens is 3. The number of rotatable bonds is 6. The highest BCUT2D eigenvalue weighted by atomic mass is 19.4. The van der Waals surface area contributed by atoms with E-state index in [0.29, 0.717) is 30.9 Å². The smallest absolute Gasteiger partial charge is 0.486 e. The molecule has 2 heterocycles. The minimum Gasteiger partial charge on any atom is -0.486 e. The molecule has 10 heteroatoms. The number of benzene rings is 1. The van der Waals surface area contributed by atoms with Crippen LogP contribution in [0.2, 0.25) is 0 Å². The fraction of sp³-hybridized carbons (Fsp3) is 0.412. The molecule has 1 aromatic carbocycles. The first-order chi connectivity index (χ1) is 12.8. The first-order valence-electron chi connectivity index (χ1n) is 8.14. The summed E-state index contributed by atoms with van der Waals surface area (Å²) in [6.07, 6.45) is -2.72. The number of ether oxygens (including phenoxy) is 2. The molecule has 1 aliphatic heterocycles. The molecule has 0 amide bonds. The van der Waals surface area contributed by atoms with E-state index in [4.69, 9.17) is 23.9 Å². The van der Waals surface area contributed by atoms with Crippen molar-refractivity contribution >= 4 is 5.97 Å². The molecule has 0 saturated carbocycles. The highest BCUT2D eigenvalue weighted by Gasteiger charge is 2.38. The number of aromatic nitrogens is 1. The summed E-state index contributed by atoms with van der Waals surface area (Å²) in [6, 6.07) is 11.8. The van der Waals surface area contributed by atoms with E-state index in [0.717, 1.165) is 18.7 Å². The quantitative estimate of drug-likeness (QED) is 0.786. The third-order valence-corrected chi connectivity index (χ3v) is 3.50. The number of hydrogen-bond donors (Lipinski definition) is 2. The van der Waals surface area contributed by atoms with Crippen molar-refractivity contribution in [2.24, 2.45) is 0 Å². The van der Waals surface area contributed by atoms with Crippen molar-refractivity contribution in [1.29, 1.82) is 0 Å². The van der Waals surface area contributed by atoms with E-state index in [1.54, 1.807) is 6.07 Å². The Morgan fingerprint density at radius 2 is 2.00 bits per heavy atom. The number of hydrogen-bond acceptors (Lipinski definition) is 6. The van der Waals surface area contributed by atoms with Gasteiger partial charge in [0, 0.05) is 12.1 Å². The van der Waals surface area contributed by atoms with Crippen LogP contribution in [0.4, 0.5) is 13.2 Å². The number of alkyl halides is 3. The molecule has 148 valence electrons. The van der Waals surface area contributed by atoms with Crippen molar-refractivity contribution in [1.82, 2.24) is 10.5 Å². The van der Waals surface area contributed by atoms with E-state index in [2.05, 4.69) is 10.5 Å². The first-order valence-corrected chi connectivity index (χ1v) is 8.14. The van der Waals surface area contributed by atoms with Gasteiger partial charge >= 0.3 is 12.1 Å². The topological polar surface area (TPSA) is 93.8 Å². The van der Waals surface area contributed by atoms with Crippen molar-refractivity contribution in [2.45, 2.75) is 31.7 Å². The lowest BCUT2D eigenvalue weighted by Crippen LogP contribution is -2.28. The van der Waals surface area contributed by atoms with Gasteiger partial charge in [-0.1, -0.05) is 18.2 Å². The molecule has 0 spiro atoms. The molecule has 2 aromatic rings. The van der Waals surface area contributed by atoms with Crippen LogP contribution in [0.1, 0.15) is 18.6 Å². The molecule has 0 radical (unpaired) electrons. The lowest BCUT2D eigenvalue weighted by atomic mass is 10.2. The van der Waals surface area contributed by atoms with E-state index in [1.165, 1.54) is 6.42 Å². The summed E-state index contributed by atoms with van der Waals surface area (Å²) in [7, 11) is 0. The molecule has 2 N–H and O–H groups in total. The minimum absolute atomic E-state index is 0.349. The zero-order valence-electron chi connectivity index (χ0n) is 14.2. The molecular weight excluding hydrogens is 369 g/mol. The number of nitrogens with one attached hydrogen (secondary N) is 1. The van der Waals surface area contributed by atoms with Crippen LogP contribution in [-0.4, -0.2) is 41.6 Å². The van der Waals surface area contributed by atoms with Crippen LogP contribution in [-0.2, 0) is 11.4 Å². The largest absolute Gasteiger partial charge is 0.490 e. The maximum atomic E-state index is 10.6. The van der Waals surface area contributed by atoms with Gasteiger partial charge in [0.15, 0.2) is 5.76 Å². The molecule has 1 aromatic heterocycles. The molecule has 7 nitrogen and oxygen atoms in total. The Balaban J connectivity index is 0.000000321. The summed E-state index contributed by atoms with van der Waals surface area (Å²) in [5, 5.41) is 14.4. The second kappa shape index (κ2) is 9.81. The van der Waals surface area contributed by atoms with Crippen molar-refractivity contribution in [3.05, 3.63) is 42.2 Å². The van der Waals surface area contributed by atoms with Gasteiger partial charge < -0.3 is 24.4 Å². The third-order valence-electron chi connectivity index (χ3n) is 3.50. The van der Waals surface area contributed by atoms with Gasteiger partial charge in [-0.3, -0.25) is 0 Å². The van der Waals surface area contributed by atoms with E-state index in [9.17, 15) is 13.2 Å². The average molecular weight is 388 g/mol. The van der Waals surface area contributed by atoms with Crippen LogP contribution < -0.4 is 14.8 Å². The van der Waals surface area contributed by atoms with Gasteiger partial charge in [-0.25, -0.2) is 4.79 Å². The van der Waals surface area contributed by atoms with E-state index in [-0.39, 0.29) is 0 Å². The summed E-state index contributed by atoms with van der Waals surface area (Å²) in [4.78, 5) is 8.90. The van der Waals surface area contributed by atoms with Gasteiger partial charge in [-0.05, 0) is 36.7 Å². The zero-order chi connectivity index (χ0) is 19.7. The van der Waals surface area contributed by atoms with Crippen molar-refractivity contribution in [2.75, 3.05) is 13.2 Å². The molecular formula is C17H19F3N2O5. The highest BCUT2D eigenvalue weighted by Crippen LogP contribution is 2.16. The number of carboxylic acid groups (broad SMARTS) is 1. The van der Waals surface area contributed by atoms with Crippen molar-refractivity contribution in [3.8, 4) is 11.6 Å².